The molecule has 1 aliphatic heterocycles. The zero-order chi connectivity index (χ0) is 11.7. The van der Waals surface area contributed by atoms with Gasteiger partial charge in [-0.2, -0.15) is 0 Å². The Morgan fingerprint density at radius 1 is 1.56 bits per heavy atom. The van der Waals surface area contributed by atoms with E-state index in [-0.39, 0.29) is 5.82 Å². The van der Waals surface area contributed by atoms with Crippen LogP contribution in [0.4, 0.5) is 0 Å². The minimum atomic E-state index is -1.06. The molecule has 0 amide bonds. The number of nitrogens with zero attached hydrogens (tertiary/aromatic N) is 3. The van der Waals surface area contributed by atoms with Crippen molar-refractivity contribution in [3.05, 3.63) is 23.3 Å². The summed E-state index contributed by atoms with van der Waals surface area (Å²) in [5.41, 5.74) is 1.58. The van der Waals surface area contributed by atoms with Crippen molar-refractivity contribution in [3.8, 4) is 0 Å². The summed E-state index contributed by atoms with van der Waals surface area (Å²) in [6.07, 6.45) is 1.03. The summed E-state index contributed by atoms with van der Waals surface area (Å²) in [4.78, 5) is 21.1. The number of aromatic nitrogens is 2. The van der Waals surface area contributed by atoms with Gasteiger partial charge < -0.3 is 10.0 Å². The number of hydrogen-bond acceptors (Lipinski definition) is 4. The number of carbonyl (C=O) groups is 1. The minimum absolute atomic E-state index is 0.0930. The van der Waals surface area contributed by atoms with Gasteiger partial charge in [0.15, 0.2) is 0 Å². The molecule has 1 aromatic heterocycles. The predicted molar refractivity (Wildman–Crippen MR) is 58.6 cm³/mol. The highest BCUT2D eigenvalue weighted by Gasteiger charge is 2.23. The van der Waals surface area contributed by atoms with Crippen LogP contribution in [0.5, 0.6) is 0 Å². The molecule has 0 aromatic carbocycles. The first kappa shape index (κ1) is 11.0. The molecule has 5 nitrogen and oxygen atoms in total. The highest BCUT2D eigenvalue weighted by atomic mass is 16.4. The molecule has 5 heteroatoms. The third-order valence-electron chi connectivity index (χ3n) is 2.87. The molecule has 1 fully saturated rings. The predicted octanol–water partition coefficient (Wildman–Crippen LogP) is 0.902. The highest BCUT2D eigenvalue weighted by molar-refractivity contribution is 5.83. The average Bonchev–Trinajstić information content (AvgIpc) is 2.64. The summed E-state index contributed by atoms with van der Waals surface area (Å²) in [5.74, 6) is -0.814. The molecule has 1 aromatic rings. The van der Waals surface area contributed by atoms with E-state index in [9.17, 15) is 4.79 Å². The molecule has 1 unspecified atom stereocenters. The number of hydrogen-bond donors (Lipinski definition) is 1. The molecule has 1 atom stereocenters. The summed E-state index contributed by atoms with van der Waals surface area (Å²) >= 11 is 0. The molecule has 86 valence electrons. The summed E-state index contributed by atoms with van der Waals surface area (Å²) in [5, 5.41) is 8.89. The van der Waals surface area contributed by atoms with Gasteiger partial charge in [-0.05, 0) is 33.0 Å². The highest BCUT2D eigenvalue weighted by Crippen LogP contribution is 2.24. The van der Waals surface area contributed by atoms with E-state index in [4.69, 9.17) is 5.11 Å². The van der Waals surface area contributed by atoms with Gasteiger partial charge >= 0.3 is 5.97 Å². The Balaban J connectivity index is 2.30. The fourth-order valence-electron chi connectivity index (χ4n) is 2.07. The molecule has 0 radical (unpaired) electrons. The van der Waals surface area contributed by atoms with Crippen molar-refractivity contribution in [2.75, 3.05) is 20.1 Å². The van der Waals surface area contributed by atoms with E-state index < -0.39 is 5.97 Å². The standard InChI is InChI=1S/C11H15N3O2/c1-7-5-9(8-3-4-14(2)6-8)13-10(12-7)11(15)16/h5,8H,3-4,6H2,1-2H3,(H,15,16). The summed E-state index contributed by atoms with van der Waals surface area (Å²) < 4.78 is 0. The van der Waals surface area contributed by atoms with Gasteiger partial charge in [0.05, 0.1) is 0 Å². The third kappa shape index (κ3) is 2.19. The van der Waals surface area contributed by atoms with E-state index in [1.165, 1.54) is 0 Å². The van der Waals surface area contributed by atoms with Crippen molar-refractivity contribution < 1.29 is 9.90 Å². The molecule has 0 saturated carbocycles. The second-order valence-corrected chi connectivity index (χ2v) is 4.31. The molecular formula is C11H15N3O2. The fraction of sp³-hybridized carbons (Fsp3) is 0.545. The van der Waals surface area contributed by atoms with Crippen LogP contribution < -0.4 is 0 Å². The monoisotopic (exact) mass is 221 g/mol. The number of rotatable bonds is 2. The molecule has 16 heavy (non-hydrogen) atoms. The van der Waals surface area contributed by atoms with E-state index in [1.54, 1.807) is 6.92 Å². The van der Waals surface area contributed by atoms with Crippen molar-refractivity contribution in [1.29, 1.82) is 0 Å². The zero-order valence-corrected chi connectivity index (χ0v) is 9.47. The molecule has 1 aliphatic rings. The van der Waals surface area contributed by atoms with Gasteiger partial charge in [0, 0.05) is 23.9 Å². The van der Waals surface area contributed by atoms with Gasteiger partial charge in [-0.15, -0.1) is 0 Å². The number of likely N-dealkylation sites (tertiary alicyclic amines) is 1. The van der Waals surface area contributed by atoms with Crippen molar-refractivity contribution in [2.45, 2.75) is 19.3 Å². The van der Waals surface area contributed by atoms with Crippen LogP contribution in [-0.2, 0) is 0 Å². The van der Waals surface area contributed by atoms with E-state index >= 15 is 0 Å². The first-order valence-corrected chi connectivity index (χ1v) is 5.33. The maximum Gasteiger partial charge on any atom is 0.373 e. The molecule has 2 rings (SSSR count). The van der Waals surface area contributed by atoms with Gasteiger partial charge in [0.1, 0.15) is 0 Å². The minimum Gasteiger partial charge on any atom is -0.475 e. The van der Waals surface area contributed by atoms with Crippen LogP contribution in [0.15, 0.2) is 6.07 Å². The topological polar surface area (TPSA) is 66.3 Å². The number of aryl methyl sites for hydroxylation is 1. The third-order valence-corrected chi connectivity index (χ3v) is 2.87. The Hall–Kier alpha value is -1.49. The number of carboxylic acid groups (broad SMARTS) is 1. The van der Waals surface area contributed by atoms with Crippen molar-refractivity contribution in [2.24, 2.45) is 0 Å². The first-order valence-electron chi connectivity index (χ1n) is 5.33. The Bertz CT molecular complexity index is 420. The van der Waals surface area contributed by atoms with Gasteiger partial charge in [-0.1, -0.05) is 0 Å². The van der Waals surface area contributed by atoms with Crippen LogP contribution in [0.1, 0.15) is 34.3 Å². The zero-order valence-electron chi connectivity index (χ0n) is 9.47. The Labute approximate surface area is 94.1 Å². The van der Waals surface area contributed by atoms with Crippen LogP contribution in [0, 0.1) is 6.92 Å². The van der Waals surface area contributed by atoms with E-state index in [2.05, 4.69) is 21.9 Å². The van der Waals surface area contributed by atoms with Gasteiger partial charge in [-0.3, -0.25) is 0 Å². The lowest BCUT2D eigenvalue weighted by atomic mass is 10.0. The second kappa shape index (κ2) is 4.17. The van der Waals surface area contributed by atoms with E-state index in [0.717, 1.165) is 30.9 Å². The van der Waals surface area contributed by atoms with Gasteiger partial charge in [0.25, 0.3) is 0 Å². The van der Waals surface area contributed by atoms with Crippen LogP contribution in [0.2, 0.25) is 0 Å². The average molecular weight is 221 g/mol. The largest absolute Gasteiger partial charge is 0.475 e. The van der Waals surface area contributed by atoms with Crippen molar-refractivity contribution in [1.82, 2.24) is 14.9 Å². The maximum atomic E-state index is 10.8. The van der Waals surface area contributed by atoms with Gasteiger partial charge in [0.2, 0.25) is 5.82 Å². The second-order valence-electron chi connectivity index (χ2n) is 4.31. The van der Waals surface area contributed by atoms with Crippen molar-refractivity contribution >= 4 is 5.97 Å². The molecule has 1 N–H and O–H groups in total. The van der Waals surface area contributed by atoms with E-state index in [1.807, 2.05) is 6.07 Å². The number of likely N-dealkylation sites (N-methyl/N-ethyl adjacent to an activating group) is 1. The maximum absolute atomic E-state index is 10.8. The lowest BCUT2D eigenvalue weighted by molar-refractivity contribution is 0.0682. The fourth-order valence-corrected chi connectivity index (χ4v) is 2.07. The van der Waals surface area contributed by atoms with Crippen molar-refractivity contribution in [3.63, 3.8) is 0 Å². The molecule has 1 saturated heterocycles. The van der Waals surface area contributed by atoms with Crippen LogP contribution in [0.25, 0.3) is 0 Å². The summed E-state index contributed by atoms with van der Waals surface area (Å²) in [6.45, 7) is 3.78. The van der Waals surface area contributed by atoms with Crippen LogP contribution in [-0.4, -0.2) is 46.1 Å². The first-order chi connectivity index (χ1) is 7.56. The Kier molecular flexibility index (Phi) is 2.87. The number of carboxylic acids is 1. The Morgan fingerprint density at radius 2 is 2.31 bits per heavy atom. The van der Waals surface area contributed by atoms with E-state index in [0.29, 0.717) is 5.92 Å². The lowest BCUT2D eigenvalue weighted by Crippen LogP contribution is -2.15. The molecule has 2 heterocycles. The van der Waals surface area contributed by atoms with Crippen LogP contribution >= 0.6 is 0 Å². The quantitative estimate of drug-likeness (QED) is 0.803. The van der Waals surface area contributed by atoms with Gasteiger partial charge in [-0.25, -0.2) is 14.8 Å². The summed E-state index contributed by atoms with van der Waals surface area (Å²) in [6, 6.07) is 1.89. The normalized spacial score (nSPS) is 21.2. The summed E-state index contributed by atoms with van der Waals surface area (Å²) in [7, 11) is 2.06. The lowest BCUT2D eigenvalue weighted by Gasteiger charge is -2.10. The smallest absolute Gasteiger partial charge is 0.373 e. The molecule has 0 bridgehead atoms. The Morgan fingerprint density at radius 3 is 2.88 bits per heavy atom. The SMILES string of the molecule is Cc1cc(C2CCN(C)C2)nc(C(=O)O)n1. The number of aromatic carboxylic acids is 1. The molecule has 0 aliphatic carbocycles. The molecule has 0 spiro atoms. The van der Waals surface area contributed by atoms with Crippen LogP contribution in [0.3, 0.4) is 0 Å². The molecular weight excluding hydrogens is 206 g/mol.